The monoisotopic (exact) mass is 610 g/mol. The summed E-state index contributed by atoms with van der Waals surface area (Å²) >= 11 is 0. The van der Waals surface area contributed by atoms with E-state index in [-0.39, 0.29) is 0 Å². The van der Waals surface area contributed by atoms with E-state index in [0.29, 0.717) is 0 Å². The second-order valence-electron chi connectivity index (χ2n) is 11.5. The molecule has 1 aliphatic rings. The molecule has 1 heterocycles. The van der Waals surface area contributed by atoms with E-state index in [4.69, 9.17) is 18.8 Å². The van der Waals surface area contributed by atoms with Crippen molar-refractivity contribution in [1.29, 1.82) is 0 Å². The van der Waals surface area contributed by atoms with Crippen LogP contribution in [0.2, 0.25) is 5.82 Å². The molecule has 0 radical (unpaired) electrons. The van der Waals surface area contributed by atoms with E-state index < -0.39 is 42.4 Å². The van der Waals surface area contributed by atoms with Gasteiger partial charge in [-0.05, 0) is 27.8 Å². The number of rotatable bonds is 12. The molecule has 0 spiro atoms. The fourth-order valence-electron chi connectivity index (χ4n) is 6.96. The fourth-order valence-corrected chi connectivity index (χ4v) is 6.96. The largest absolute Gasteiger partial charge is 0.468 e. The first-order valence-corrected chi connectivity index (χ1v) is 15.6. The molecule has 5 aromatic carbocycles. The molecule has 1 saturated heterocycles. The smallest absolute Gasteiger partial charge is 0.401 e. The van der Waals surface area contributed by atoms with Crippen LogP contribution in [0, 0.1) is 0 Å². The summed E-state index contributed by atoms with van der Waals surface area (Å²) in [5.74, 6) is -0.614. The number of ether oxygens (including phenoxy) is 2. The van der Waals surface area contributed by atoms with E-state index in [2.05, 4.69) is 6.58 Å². The number of methoxy groups -OCH3 is 2. The van der Waals surface area contributed by atoms with E-state index in [1.807, 2.05) is 152 Å². The summed E-state index contributed by atoms with van der Waals surface area (Å²) < 4.78 is 27.6. The maximum Gasteiger partial charge on any atom is 0.468 e. The maximum absolute atomic E-state index is 11.7. The molecule has 1 N–H and O–H groups in total. The van der Waals surface area contributed by atoms with Crippen molar-refractivity contribution in [2.75, 3.05) is 14.2 Å². The third kappa shape index (κ3) is 5.53. The van der Waals surface area contributed by atoms with Crippen molar-refractivity contribution in [1.82, 2.24) is 0 Å². The Bertz CT molecular complexity index is 1490. The van der Waals surface area contributed by atoms with Crippen LogP contribution in [0.5, 0.6) is 0 Å². The zero-order valence-electron chi connectivity index (χ0n) is 26.2. The normalized spacial score (nSPS) is 18.2. The maximum atomic E-state index is 11.7. The lowest BCUT2D eigenvalue weighted by atomic mass is 9.67. The zero-order chi connectivity index (χ0) is 32.0. The first kappa shape index (κ1) is 31.7. The van der Waals surface area contributed by atoms with Gasteiger partial charge in [0.2, 0.25) is 0 Å². The molecular weight excluding hydrogens is 571 g/mol. The molecule has 5 nitrogen and oxygen atoms in total. The van der Waals surface area contributed by atoms with E-state index in [9.17, 15) is 5.11 Å². The summed E-state index contributed by atoms with van der Waals surface area (Å²) in [6.07, 6.45) is -0.754. The Morgan fingerprint density at radius 1 is 0.587 bits per heavy atom. The predicted molar refractivity (Wildman–Crippen MR) is 182 cm³/mol. The van der Waals surface area contributed by atoms with Crippen molar-refractivity contribution in [2.24, 2.45) is 0 Å². The van der Waals surface area contributed by atoms with Crippen LogP contribution in [-0.2, 0) is 30.0 Å². The van der Waals surface area contributed by atoms with Gasteiger partial charge >= 0.3 is 7.12 Å². The van der Waals surface area contributed by atoms with Gasteiger partial charge in [-0.15, -0.1) is 6.58 Å². The van der Waals surface area contributed by atoms with Crippen molar-refractivity contribution < 1.29 is 23.9 Å². The minimum absolute atomic E-state index is 0.614. The van der Waals surface area contributed by atoms with Crippen LogP contribution in [0.4, 0.5) is 0 Å². The Balaban J connectivity index is 1.61. The highest BCUT2D eigenvalue weighted by molar-refractivity contribution is 6.48. The second-order valence-corrected chi connectivity index (χ2v) is 11.5. The molecule has 6 rings (SSSR count). The van der Waals surface area contributed by atoms with E-state index in [0.717, 1.165) is 27.8 Å². The van der Waals surface area contributed by atoms with Gasteiger partial charge in [-0.3, -0.25) is 0 Å². The van der Waals surface area contributed by atoms with Gasteiger partial charge in [-0.2, -0.15) is 0 Å². The van der Waals surface area contributed by atoms with Gasteiger partial charge in [0.25, 0.3) is 0 Å². The molecule has 0 saturated carbocycles. The highest BCUT2D eigenvalue weighted by Crippen LogP contribution is 2.52. The molecule has 232 valence electrons. The summed E-state index contributed by atoms with van der Waals surface area (Å²) in [4.78, 5) is 0. The Kier molecular flexibility index (Phi) is 9.64. The van der Waals surface area contributed by atoms with Crippen molar-refractivity contribution in [3.63, 3.8) is 0 Å². The number of aliphatic hydroxyl groups is 1. The molecule has 6 heteroatoms. The van der Waals surface area contributed by atoms with Gasteiger partial charge in [-0.25, -0.2) is 0 Å². The summed E-state index contributed by atoms with van der Waals surface area (Å²) in [7, 11) is 2.51. The Morgan fingerprint density at radius 3 is 1.17 bits per heavy atom. The van der Waals surface area contributed by atoms with Gasteiger partial charge in [0.1, 0.15) is 23.4 Å². The van der Waals surface area contributed by atoms with Crippen LogP contribution in [0.15, 0.2) is 164 Å². The van der Waals surface area contributed by atoms with Gasteiger partial charge in [0.15, 0.2) is 0 Å². The summed E-state index contributed by atoms with van der Waals surface area (Å²) in [5, 5.41) is 11.7. The SMILES string of the molecule is C=C[C@H](B1O[C@@H](C(OC)(c2ccccc2)c2ccccc2)[C@H](C(OC)(c2ccccc2)c2ccccc2)O1)[C@H](O)c1ccccc1. The lowest BCUT2D eigenvalue weighted by molar-refractivity contribution is -0.136. The van der Waals surface area contributed by atoms with Crippen molar-refractivity contribution in [2.45, 2.75) is 35.3 Å². The zero-order valence-corrected chi connectivity index (χ0v) is 26.2. The van der Waals surface area contributed by atoms with Gasteiger partial charge in [0.05, 0.1) is 6.10 Å². The molecule has 5 aromatic rings. The lowest BCUT2D eigenvalue weighted by Crippen LogP contribution is -2.56. The van der Waals surface area contributed by atoms with Crippen LogP contribution in [0.3, 0.4) is 0 Å². The number of hydrogen-bond donors (Lipinski definition) is 1. The van der Waals surface area contributed by atoms with Crippen LogP contribution in [0.25, 0.3) is 0 Å². The molecule has 1 aliphatic heterocycles. The van der Waals surface area contributed by atoms with Crippen LogP contribution in [0.1, 0.15) is 33.9 Å². The summed E-state index contributed by atoms with van der Waals surface area (Å²) in [5.41, 5.74) is 2.05. The molecule has 1 fully saturated rings. The Morgan fingerprint density at radius 2 is 0.891 bits per heavy atom. The van der Waals surface area contributed by atoms with Crippen LogP contribution < -0.4 is 0 Å². The third-order valence-corrected chi connectivity index (χ3v) is 9.18. The third-order valence-electron chi connectivity index (χ3n) is 9.18. The molecule has 0 amide bonds. The number of benzene rings is 5. The fraction of sp³-hybridized carbons (Fsp3) is 0.200. The molecular formula is C40H39BO5. The predicted octanol–water partition coefficient (Wildman–Crippen LogP) is 7.73. The van der Waals surface area contributed by atoms with E-state index in [1.54, 1.807) is 20.3 Å². The van der Waals surface area contributed by atoms with Gasteiger partial charge in [0, 0.05) is 20.0 Å². The second kappa shape index (κ2) is 14.0. The Hall–Kier alpha value is -4.30. The minimum atomic E-state index is -1.14. The summed E-state index contributed by atoms with van der Waals surface area (Å²) in [6, 6.07) is 49.8. The molecule has 0 bridgehead atoms. The average Bonchev–Trinajstić information content (AvgIpc) is 3.57. The first-order valence-electron chi connectivity index (χ1n) is 15.6. The van der Waals surface area contributed by atoms with E-state index in [1.165, 1.54) is 0 Å². The summed E-state index contributed by atoms with van der Waals surface area (Å²) in [6.45, 7) is 4.12. The molecule has 4 atom stereocenters. The van der Waals surface area contributed by atoms with Crippen molar-refractivity contribution >= 4 is 7.12 Å². The van der Waals surface area contributed by atoms with Crippen molar-refractivity contribution in [3.05, 3.63) is 192 Å². The highest BCUT2D eigenvalue weighted by Gasteiger charge is 2.63. The molecule has 46 heavy (non-hydrogen) atoms. The average molecular weight is 611 g/mol. The Labute approximate surface area is 272 Å². The molecule has 0 aliphatic carbocycles. The molecule has 0 aromatic heterocycles. The van der Waals surface area contributed by atoms with Gasteiger partial charge < -0.3 is 23.9 Å². The topological polar surface area (TPSA) is 57.2 Å². The minimum Gasteiger partial charge on any atom is -0.401 e. The van der Waals surface area contributed by atoms with Crippen LogP contribution >= 0.6 is 0 Å². The molecule has 0 unspecified atom stereocenters. The highest BCUT2D eigenvalue weighted by atomic mass is 16.7. The number of aliphatic hydroxyl groups excluding tert-OH is 1. The quantitative estimate of drug-likeness (QED) is 0.116. The van der Waals surface area contributed by atoms with Gasteiger partial charge in [-0.1, -0.05) is 158 Å². The van der Waals surface area contributed by atoms with E-state index >= 15 is 0 Å². The van der Waals surface area contributed by atoms with Crippen molar-refractivity contribution in [3.8, 4) is 0 Å². The first-order chi connectivity index (χ1) is 22.6. The van der Waals surface area contributed by atoms with Crippen LogP contribution in [-0.4, -0.2) is 38.7 Å². The number of hydrogen-bond acceptors (Lipinski definition) is 5. The standard InChI is InChI=1S/C40H39BO5/c1-4-35(36(42)30-20-10-5-11-21-30)41-45-37(39(43-2,31-22-12-6-13-23-31)32-24-14-7-15-25-32)38(46-41)40(44-3,33-26-16-8-17-27-33)34-28-18-9-19-29-34/h4-29,35-38,42H,1H2,2-3H3/t35-,36+,37+,38+/m0/s1. The lowest BCUT2D eigenvalue weighted by Gasteiger charge is -2.47.